The lowest BCUT2D eigenvalue weighted by Gasteiger charge is -2.63. The maximum atomic E-state index is 2.69. The maximum Gasteiger partial charge on any atom is 0.0212 e. The Kier molecular flexibility index (Phi) is 3.09. The van der Waals surface area contributed by atoms with Crippen LogP contribution in [-0.4, -0.2) is 48.1 Å². The first-order valence-electron chi connectivity index (χ1n) is 6.58. The molecule has 2 heteroatoms. The van der Waals surface area contributed by atoms with Gasteiger partial charge in [0, 0.05) is 43.7 Å². The van der Waals surface area contributed by atoms with Gasteiger partial charge in [-0.05, 0) is 26.7 Å². The molecule has 2 heterocycles. The van der Waals surface area contributed by atoms with Crippen LogP contribution in [0.5, 0.6) is 0 Å². The van der Waals surface area contributed by atoms with Crippen molar-refractivity contribution in [3.05, 3.63) is 0 Å². The monoisotopic (exact) mass is 210 g/mol. The molecule has 0 radical (unpaired) electrons. The van der Waals surface area contributed by atoms with Gasteiger partial charge in [0.1, 0.15) is 0 Å². The second-order valence-corrected chi connectivity index (χ2v) is 5.87. The van der Waals surface area contributed by atoms with Crippen LogP contribution in [0.15, 0.2) is 0 Å². The normalized spacial score (nSPS) is 26.0. The van der Waals surface area contributed by atoms with Gasteiger partial charge in [-0.3, -0.25) is 9.80 Å². The summed E-state index contributed by atoms with van der Waals surface area (Å²) in [5, 5.41) is 0. The molecule has 0 saturated carbocycles. The van der Waals surface area contributed by atoms with Crippen molar-refractivity contribution in [2.75, 3.05) is 26.2 Å². The Morgan fingerprint density at radius 2 is 1.40 bits per heavy atom. The molecule has 2 aliphatic rings. The minimum atomic E-state index is 0.701. The molecule has 2 fully saturated rings. The van der Waals surface area contributed by atoms with Crippen LogP contribution in [0.3, 0.4) is 0 Å². The fourth-order valence-corrected chi connectivity index (χ4v) is 3.26. The van der Waals surface area contributed by atoms with Gasteiger partial charge < -0.3 is 0 Å². The van der Waals surface area contributed by atoms with Crippen LogP contribution in [0.25, 0.3) is 0 Å². The first-order valence-corrected chi connectivity index (χ1v) is 6.58. The summed E-state index contributed by atoms with van der Waals surface area (Å²) in [5.74, 6) is 0. The third-order valence-corrected chi connectivity index (χ3v) is 4.34. The first-order chi connectivity index (χ1) is 7.10. The molecular weight excluding hydrogens is 184 g/mol. The summed E-state index contributed by atoms with van der Waals surface area (Å²) in [6, 6.07) is 1.60. The van der Waals surface area contributed by atoms with Crippen molar-refractivity contribution in [3.63, 3.8) is 0 Å². The fraction of sp³-hybridized carbons (Fsp3) is 1.00. The molecular formula is C13H26N2. The fourth-order valence-electron chi connectivity index (χ4n) is 3.26. The third-order valence-electron chi connectivity index (χ3n) is 4.34. The largest absolute Gasteiger partial charge is 0.300 e. The molecule has 15 heavy (non-hydrogen) atoms. The van der Waals surface area contributed by atoms with E-state index < -0.39 is 0 Å². The van der Waals surface area contributed by atoms with E-state index in [-0.39, 0.29) is 0 Å². The topological polar surface area (TPSA) is 6.48 Å². The molecule has 0 atom stereocenters. The standard InChI is InChI=1S/C13H26N2/c1-5-12(6-2)15-9-13(10-15)7-14(8-13)11(3)4/h11-12H,5-10H2,1-4H3. The zero-order chi connectivity index (χ0) is 11.1. The molecule has 0 aromatic rings. The highest BCUT2D eigenvalue weighted by Crippen LogP contribution is 2.41. The van der Waals surface area contributed by atoms with Crippen molar-refractivity contribution < 1.29 is 0 Å². The average Bonchev–Trinajstić information content (AvgIpc) is 2.06. The molecule has 1 spiro atoms. The summed E-state index contributed by atoms with van der Waals surface area (Å²) in [5.41, 5.74) is 0.701. The highest BCUT2D eigenvalue weighted by molar-refractivity contribution is 5.07. The first kappa shape index (κ1) is 11.4. The van der Waals surface area contributed by atoms with E-state index in [1.807, 2.05) is 0 Å². The molecule has 88 valence electrons. The van der Waals surface area contributed by atoms with E-state index in [9.17, 15) is 0 Å². The molecule has 2 rings (SSSR count). The minimum Gasteiger partial charge on any atom is -0.300 e. The van der Waals surface area contributed by atoms with Crippen LogP contribution in [0.4, 0.5) is 0 Å². The Morgan fingerprint density at radius 3 is 1.80 bits per heavy atom. The average molecular weight is 210 g/mol. The highest BCUT2D eigenvalue weighted by Gasteiger charge is 2.52. The van der Waals surface area contributed by atoms with Crippen molar-refractivity contribution in [3.8, 4) is 0 Å². The Labute approximate surface area is 94.6 Å². The number of hydrogen-bond donors (Lipinski definition) is 0. The van der Waals surface area contributed by atoms with Gasteiger partial charge in [0.15, 0.2) is 0 Å². The van der Waals surface area contributed by atoms with Crippen molar-refractivity contribution in [1.82, 2.24) is 9.80 Å². The molecule has 0 amide bonds. The van der Waals surface area contributed by atoms with Gasteiger partial charge in [0.2, 0.25) is 0 Å². The van der Waals surface area contributed by atoms with Crippen molar-refractivity contribution in [2.45, 2.75) is 52.6 Å². The van der Waals surface area contributed by atoms with Gasteiger partial charge in [-0.1, -0.05) is 13.8 Å². The van der Waals surface area contributed by atoms with E-state index in [2.05, 4.69) is 37.5 Å². The lowest BCUT2D eigenvalue weighted by Crippen LogP contribution is -2.74. The molecule has 0 aromatic carbocycles. The van der Waals surface area contributed by atoms with Crippen molar-refractivity contribution in [2.24, 2.45) is 5.41 Å². The summed E-state index contributed by atoms with van der Waals surface area (Å²) in [4.78, 5) is 5.29. The predicted octanol–water partition coefficient (Wildman–Crippen LogP) is 2.20. The number of hydrogen-bond acceptors (Lipinski definition) is 2. The quantitative estimate of drug-likeness (QED) is 0.702. The van der Waals surface area contributed by atoms with E-state index in [0.29, 0.717) is 5.41 Å². The van der Waals surface area contributed by atoms with Gasteiger partial charge in [0.05, 0.1) is 0 Å². The SMILES string of the molecule is CCC(CC)N1CC2(CN(C(C)C)C2)C1. The summed E-state index contributed by atoms with van der Waals surface area (Å²) in [6.07, 6.45) is 2.64. The van der Waals surface area contributed by atoms with Gasteiger partial charge in [-0.2, -0.15) is 0 Å². The van der Waals surface area contributed by atoms with E-state index >= 15 is 0 Å². The van der Waals surface area contributed by atoms with E-state index in [0.717, 1.165) is 12.1 Å². The van der Waals surface area contributed by atoms with Crippen LogP contribution in [0, 0.1) is 5.41 Å². The second-order valence-electron chi connectivity index (χ2n) is 5.87. The van der Waals surface area contributed by atoms with Crippen molar-refractivity contribution >= 4 is 0 Å². The Balaban J connectivity index is 1.75. The van der Waals surface area contributed by atoms with E-state index in [4.69, 9.17) is 0 Å². The predicted molar refractivity (Wildman–Crippen MR) is 65.1 cm³/mol. The number of likely N-dealkylation sites (tertiary alicyclic amines) is 2. The number of nitrogens with zero attached hydrogens (tertiary/aromatic N) is 2. The molecule has 0 aromatic heterocycles. The van der Waals surface area contributed by atoms with Gasteiger partial charge in [-0.25, -0.2) is 0 Å². The summed E-state index contributed by atoms with van der Waals surface area (Å²) in [6.45, 7) is 14.7. The molecule has 0 aliphatic carbocycles. The Bertz CT molecular complexity index is 207. The molecule has 0 bridgehead atoms. The lowest BCUT2D eigenvalue weighted by atomic mass is 9.71. The summed E-state index contributed by atoms with van der Waals surface area (Å²) >= 11 is 0. The molecule has 0 N–H and O–H groups in total. The number of rotatable bonds is 4. The van der Waals surface area contributed by atoms with E-state index in [1.165, 1.54) is 39.0 Å². The summed E-state index contributed by atoms with van der Waals surface area (Å²) in [7, 11) is 0. The molecule has 0 unspecified atom stereocenters. The Hall–Kier alpha value is -0.0800. The zero-order valence-electron chi connectivity index (χ0n) is 10.8. The van der Waals surface area contributed by atoms with Crippen molar-refractivity contribution in [1.29, 1.82) is 0 Å². The van der Waals surface area contributed by atoms with Gasteiger partial charge >= 0.3 is 0 Å². The smallest absolute Gasteiger partial charge is 0.0212 e. The van der Waals surface area contributed by atoms with Gasteiger partial charge in [-0.15, -0.1) is 0 Å². The van der Waals surface area contributed by atoms with Crippen LogP contribution < -0.4 is 0 Å². The molecule has 2 saturated heterocycles. The van der Waals surface area contributed by atoms with Crippen LogP contribution >= 0.6 is 0 Å². The van der Waals surface area contributed by atoms with Crippen LogP contribution in [0.1, 0.15) is 40.5 Å². The van der Waals surface area contributed by atoms with Crippen LogP contribution in [-0.2, 0) is 0 Å². The maximum absolute atomic E-state index is 2.69. The second kappa shape index (κ2) is 4.06. The Morgan fingerprint density at radius 1 is 0.933 bits per heavy atom. The molecule has 2 nitrogen and oxygen atoms in total. The van der Waals surface area contributed by atoms with Crippen LogP contribution in [0.2, 0.25) is 0 Å². The van der Waals surface area contributed by atoms with E-state index in [1.54, 1.807) is 0 Å². The third kappa shape index (κ3) is 1.94. The van der Waals surface area contributed by atoms with Gasteiger partial charge in [0.25, 0.3) is 0 Å². The lowest BCUT2D eigenvalue weighted by molar-refractivity contribution is -0.140. The minimum absolute atomic E-state index is 0.701. The zero-order valence-corrected chi connectivity index (χ0v) is 10.8. The highest BCUT2D eigenvalue weighted by atomic mass is 15.3. The summed E-state index contributed by atoms with van der Waals surface area (Å²) < 4.78 is 0. The molecule has 2 aliphatic heterocycles.